The van der Waals surface area contributed by atoms with Gasteiger partial charge in [0.1, 0.15) is 0 Å². The number of rotatable bonds is 6. The van der Waals surface area contributed by atoms with Crippen LogP contribution in [0.4, 0.5) is 5.69 Å². The van der Waals surface area contributed by atoms with Gasteiger partial charge in [-0.15, -0.1) is 0 Å². The van der Waals surface area contributed by atoms with Crippen molar-refractivity contribution in [3.63, 3.8) is 0 Å². The molecule has 4 heteroatoms. The summed E-state index contributed by atoms with van der Waals surface area (Å²) in [5.74, 6) is 0. The van der Waals surface area contributed by atoms with Gasteiger partial charge in [0, 0.05) is 36.9 Å². The zero-order chi connectivity index (χ0) is 13.1. The minimum absolute atomic E-state index is 0.343. The highest BCUT2D eigenvalue weighted by molar-refractivity contribution is 6.31. The van der Waals surface area contributed by atoms with Crippen LogP contribution in [0.15, 0.2) is 18.2 Å². The van der Waals surface area contributed by atoms with E-state index in [1.165, 1.54) is 12.8 Å². The van der Waals surface area contributed by atoms with Gasteiger partial charge in [-0.2, -0.15) is 0 Å². The number of aliphatic hydroxyl groups excluding tert-OH is 1. The van der Waals surface area contributed by atoms with E-state index >= 15 is 0 Å². The maximum atomic E-state index is 9.38. The lowest BCUT2D eigenvalue weighted by molar-refractivity contribution is 0.201. The zero-order valence-electron chi connectivity index (χ0n) is 11.0. The van der Waals surface area contributed by atoms with Crippen molar-refractivity contribution in [2.45, 2.75) is 38.5 Å². The van der Waals surface area contributed by atoms with Crippen LogP contribution in [0, 0.1) is 0 Å². The third-order valence-electron chi connectivity index (χ3n) is 3.17. The molecule has 0 aromatic heterocycles. The van der Waals surface area contributed by atoms with E-state index in [-0.39, 0.29) is 6.10 Å². The van der Waals surface area contributed by atoms with Gasteiger partial charge in [0.05, 0.1) is 6.10 Å². The molecule has 0 amide bonds. The summed E-state index contributed by atoms with van der Waals surface area (Å²) >= 11 is 6.28. The quantitative estimate of drug-likeness (QED) is 0.832. The first-order chi connectivity index (χ1) is 8.56. The van der Waals surface area contributed by atoms with Crippen LogP contribution >= 0.6 is 11.6 Å². The first kappa shape index (κ1) is 13.7. The van der Waals surface area contributed by atoms with Crippen molar-refractivity contribution in [2.75, 3.05) is 18.5 Å². The molecule has 1 aliphatic carbocycles. The lowest BCUT2D eigenvalue weighted by Gasteiger charge is -2.21. The number of nitrogens with zero attached hydrogens (tertiary/aromatic N) is 1. The molecule has 1 atom stereocenters. The van der Waals surface area contributed by atoms with Crippen molar-refractivity contribution in [3.8, 4) is 0 Å². The van der Waals surface area contributed by atoms with Gasteiger partial charge < -0.3 is 15.3 Å². The van der Waals surface area contributed by atoms with Gasteiger partial charge in [-0.3, -0.25) is 0 Å². The second kappa shape index (κ2) is 5.91. The summed E-state index contributed by atoms with van der Waals surface area (Å²) in [5, 5.41) is 13.6. The average Bonchev–Trinajstić information content (AvgIpc) is 3.10. The highest BCUT2D eigenvalue weighted by Crippen LogP contribution is 2.25. The van der Waals surface area contributed by atoms with Crippen LogP contribution in [0.25, 0.3) is 0 Å². The Hall–Kier alpha value is -0.770. The lowest BCUT2D eigenvalue weighted by atomic mass is 10.2. The summed E-state index contributed by atoms with van der Waals surface area (Å²) in [6.45, 7) is 3.23. The van der Waals surface area contributed by atoms with Crippen LogP contribution in [0.3, 0.4) is 0 Å². The second-order valence-corrected chi connectivity index (χ2v) is 5.57. The highest BCUT2D eigenvalue weighted by Gasteiger charge is 2.20. The molecule has 2 N–H and O–H groups in total. The Balaban J connectivity index is 1.98. The van der Waals surface area contributed by atoms with Crippen molar-refractivity contribution in [2.24, 2.45) is 0 Å². The number of halogens is 1. The normalized spacial score (nSPS) is 16.7. The first-order valence-corrected chi connectivity index (χ1v) is 6.85. The molecule has 18 heavy (non-hydrogen) atoms. The number of hydrogen-bond donors (Lipinski definition) is 2. The van der Waals surface area contributed by atoms with E-state index in [4.69, 9.17) is 11.6 Å². The fourth-order valence-corrected chi connectivity index (χ4v) is 2.20. The van der Waals surface area contributed by atoms with Gasteiger partial charge in [-0.05, 0) is 37.5 Å². The van der Waals surface area contributed by atoms with Crippen LogP contribution in [0.5, 0.6) is 0 Å². The number of likely N-dealkylation sites (N-methyl/N-ethyl adjacent to an activating group) is 1. The summed E-state index contributed by atoms with van der Waals surface area (Å²) < 4.78 is 0. The summed E-state index contributed by atoms with van der Waals surface area (Å²) in [6.07, 6.45) is 2.23. The number of nitrogens with one attached hydrogen (secondary N) is 1. The molecule has 1 aromatic rings. The lowest BCUT2D eigenvalue weighted by Crippen LogP contribution is -2.26. The van der Waals surface area contributed by atoms with Crippen molar-refractivity contribution >= 4 is 17.3 Å². The number of aliphatic hydroxyl groups is 1. The topological polar surface area (TPSA) is 35.5 Å². The molecular formula is C14H21ClN2O. The number of anilines is 1. The SMILES string of the molecule is CC(O)CN(C)c1ccc(CNC2CC2)c(Cl)c1. The van der Waals surface area contributed by atoms with Gasteiger partial charge in [0.15, 0.2) is 0 Å². The van der Waals surface area contributed by atoms with Crippen LogP contribution < -0.4 is 10.2 Å². The zero-order valence-corrected chi connectivity index (χ0v) is 11.7. The Morgan fingerprint density at radius 3 is 2.78 bits per heavy atom. The Kier molecular flexibility index (Phi) is 4.49. The smallest absolute Gasteiger partial charge is 0.0686 e. The predicted octanol–water partition coefficient (Wildman–Crippen LogP) is 2.41. The van der Waals surface area contributed by atoms with Gasteiger partial charge >= 0.3 is 0 Å². The molecule has 1 unspecified atom stereocenters. The van der Waals surface area contributed by atoms with Crippen LogP contribution in [0.2, 0.25) is 5.02 Å². The van der Waals surface area contributed by atoms with E-state index in [9.17, 15) is 5.11 Å². The molecule has 0 bridgehead atoms. The van der Waals surface area contributed by atoms with Crippen molar-refractivity contribution < 1.29 is 5.11 Å². The molecular weight excluding hydrogens is 248 g/mol. The van der Waals surface area contributed by atoms with E-state index in [0.717, 1.165) is 22.8 Å². The fourth-order valence-electron chi connectivity index (χ4n) is 1.96. The third kappa shape index (κ3) is 3.87. The van der Waals surface area contributed by atoms with Crippen LogP contribution in [-0.4, -0.2) is 30.8 Å². The van der Waals surface area contributed by atoms with E-state index in [1.807, 2.05) is 18.0 Å². The molecule has 1 aliphatic rings. The fraction of sp³-hybridized carbons (Fsp3) is 0.571. The maximum absolute atomic E-state index is 9.38. The van der Waals surface area contributed by atoms with Gasteiger partial charge in [-0.1, -0.05) is 17.7 Å². The van der Waals surface area contributed by atoms with Crippen molar-refractivity contribution in [1.82, 2.24) is 5.32 Å². The third-order valence-corrected chi connectivity index (χ3v) is 3.53. The second-order valence-electron chi connectivity index (χ2n) is 5.16. The molecule has 1 saturated carbocycles. The number of benzene rings is 1. The Bertz CT molecular complexity index is 405. The molecule has 0 saturated heterocycles. The van der Waals surface area contributed by atoms with Gasteiger partial charge in [0.25, 0.3) is 0 Å². The Labute approximate surface area is 114 Å². The molecule has 0 heterocycles. The standard InChI is InChI=1S/C14H21ClN2O/c1-10(18)9-17(2)13-6-3-11(14(15)7-13)8-16-12-4-5-12/h3,6-7,10,12,16,18H,4-5,8-9H2,1-2H3. The molecule has 100 valence electrons. The van der Waals surface area contributed by atoms with Gasteiger partial charge in [-0.25, -0.2) is 0 Å². The van der Waals surface area contributed by atoms with E-state index < -0.39 is 0 Å². The highest BCUT2D eigenvalue weighted by atomic mass is 35.5. The monoisotopic (exact) mass is 268 g/mol. The van der Waals surface area contributed by atoms with Crippen LogP contribution in [0.1, 0.15) is 25.3 Å². The molecule has 1 fully saturated rings. The Morgan fingerprint density at radius 1 is 1.50 bits per heavy atom. The van der Waals surface area contributed by atoms with Crippen molar-refractivity contribution in [3.05, 3.63) is 28.8 Å². The van der Waals surface area contributed by atoms with E-state index in [1.54, 1.807) is 6.92 Å². The molecule has 3 nitrogen and oxygen atoms in total. The number of hydrogen-bond acceptors (Lipinski definition) is 3. The van der Waals surface area contributed by atoms with Gasteiger partial charge in [0.2, 0.25) is 0 Å². The van der Waals surface area contributed by atoms with Crippen LogP contribution in [-0.2, 0) is 6.54 Å². The van der Waals surface area contributed by atoms with E-state index in [2.05, 4.69) is 17.4 Å². The summed E-state index contributed by atoms with van der Waals surface area (Å²) in [4.78, 5) is 2.01. The maximum Gasteiger partial charge on any atom is 0.0686 e. The Morgan fingerprint density at radius 2 is 2.22 bits per heavy atom. The average molecular weight is 269 g/mol. The summed E-state index contributed by atoms with van der Waals surface area (Å²) in [5.41, 5.74) is 2.17. The molecule has 1 aromatic carbocycles. The minimum atomic E-state index is -0.343. The largest absolute Gasteiger partial charge is 0.392 e. The summed E-state index contributed by atoms with van der Waals surface area (Å²) in [7, 11) is 1.96. The van der Waals surface area contributed by atoms with Crippen molar-refractivity contribution in [1.29, 1.82) is 0 Å². The first-order valence-electron chi connectivity index (χ1n) is 6.47. The summed E-state index contributed by atoms with van der Waals surface area (Å²) in [6, 6.07) is 6.77. The predicted molar refractivity (Wildman–Crippen MR) is 76.3 cm³/mol. The molecule has 0 aliphatic heterocycles. The minimum Gasteiger partial charge on any atom is -0.392 e. The molecule has 0 spiro atoms. The molecule has 0 radical (unpaired) electrons. The molecule has 2 rings (SSSR count). The van der Waals surface area contributed by atoms with E-state index in [0.29, 0.717) is 12.6 Å².